The van der Waals surface area contributed by atoms with Crippen LogP contribution >= 0.6 is 0 Å². The minimum atomic E-state index is -1.59. The molecule has 3 aromatic rings. The summed E-state index contributed by atoms with van der Waals surface area (Å²) in [4.78, 5) is 47.1. The molecule has 0 spiro atoms. The number of carbonyl (C=O) groups excluding carboxylic acids is 3. The Morgan fingerprint density at radius 2 is 1.95 bits per heavy atom. The monoisotopic (exact) mass is 519 g/mol. The van der Waals surface area contributed by atoms with E-state index >= 15 is 0 Å². The Labute approximate surface area is 218 Å². The molecule has 2 saturated heterocycles. The van der Waals surface area contributed by atoms with Crippen molar-refractivity contribution in [2.45, 2.75) is 19.0 Å². The Morgan fingerprint density at radius 3 is 2.66 bits per heavy atom. The molecule has 12 heteroatoms. The molecule has 0 radical (unpaired) electrons. The molecule has 198 valence electrons. The lowest BCUT2D eigenvalue weighted by Crippen LogP contribution is -2.52. The van der Waals surface area contributed by atoms with Gasteiger partial charge in [-0.25, -0.2) is 9.80 Å². The number of fused-ring (bicyclic) bond motifs is 2. The van der Waals surface area contributed by atoms with Crippen LogP contribution in [0.5, 0.6) is 5.75 Å². The zero-order valence-corrected chi connectivity index (χ0v) is 21.2. The summed E-state index contributed by atoms with van der Waals surface area (Å²) in [6.45, 7) is 7.09. The fourth-order valence-corrected chi connectivity index (χ4v) is 5.28. The van der Waals surface area contributed by atoms with Gasteiger partial charge in [-0.2, -0.15) is 0 Å². The molecule has 0 unspecified atom stereocenters. The average Bonchev–Trinajstić information content (AvgIpc) is 3.57. The van der Waals surface area contributed by atoms with Crippen LogP contribution in [0.3, 0.4) is 0 Å². The number of rotatable bonds is 7. The minimum absolute atomic E-state index is 0.104. The highest BCUT2D eigenvalue weighted by molar-refractivity contribution is 6.08. The van der Waals surface area contributed by atoms with E-state index in [2.05, 4.69) is 37.9 Å². The molecular weight excluding hydrogens is 490 g/mol. The number of hydrazine groups is 1. The number of furan rings is 1. The maximum absolute atomic E-state index is 13.2. The number of ether oxygens (including phenoxy) is 1. The first-order valence-electron chi connectivity index (χ1n) is 12.6. The number of amides is 4. The number of hydrogen-bond acceptors (Lipinski definition) is 9. The lowest BCUT2D eigenvalue weighted by atomic mass is 9.95. The highest BCUT2D eigenvalue weighted by Crippen LogP contribution is 2.35. The molecule has 5 heterocycles. The molecule has 3 aliphatic heterocycles. The molecule has 6 rings (SSSR count). The molecule has 0 bridgehead atoms. The summed E-state index contributed by atoms with van der Waals surface area (Å²) < 4.78 is 11.4. The summed E-state index contributed by atoms with van der Waals surface area (Å²) in [5.74, 6) is -0.0647. The maximum atomic E-state index is 13.2. The van der Waals surface area contributed by atoms with E-state index in [1.807, 2.05) is 12.1 Å². The van der Waals surface area contributed by atoms with Crippen molar-refractivity contribution >= 4 is 34.6 Å². The van der Waals surface area contributed by atoms with Gasteiger partial charge in [0.05, 0.1) is 25.5 Å². The summed E-state index contributed by atoms with van der Waals surface area (Å²) in [6, 6.07) is 8.11. The van der Waals surface area contributed by atoms with Crippen LogP contribution < -0.4 is 20.8 Å². The van der Waals surface area contributed by atoms with Gasteiger partial charge in [0.25, 0.3) is 11.8 Å². The van der Waals surface area contributed by atoms with Gasteiger partial charge >= 0.3 is 6.03 Å². The number of benzene rings is 1. The predicted octanol–water partition coefficient (Wildman–Crippen LogP) is 1.49. The number of aromatic nitrogens is 1. The number of hydrogen-bond donors (Lipinski definition) is 3. The van der Waals surface area contributed by atoms with Crippen molar-refractivity contribution in [3.63, 3.8) is 0 Å². The molecular formula is C26H29N7O5. The summed E-state index contributed by atoms with van der Waals surface area (Å²) in [5.41, 5.74) is 4.87. The van der Waals surface area contributed by atoms with Crippen LogP contribution in [0.15, 0.2) is 40.9 Å². The molecule has 0 saturated carbocycles. The number of imide groups is 1. The standard InChI is InChI=1S/C26H29N7O5/c1-3-31-6-8-33(9-7-31)30-17-10-21-20(27-13-17)12-22(38-21)26(24(35)28-25(36)29-26)15-32-14-16-4-5-18(37-2)11-19(16)23(32)34/h4-5,10-13,30H,3,6-9,14-15H2,1-2H3,(H2,28,29,35,36)/t26-/m0/s1. The summed E-state index contributed by atoms with van der Waals surface area (Å²) >= 11 is 0. The Kier molecular flexibility index (Phi) is 5.92. The highest BCUT2D eigenvalue weighted by Gasteiger charge is 2.53. The number of nitrogens with one attached hydrogen (secondary N) is 3. The maximum Gasteiger partial charge on any atom is 0.322 e. The number of methoxy groups -OCH3 is 1. The van der Waals surface area contributed by atoms with Gasteiger partial charge in [-0.05, 0) is 24.2 Å². The van der Waals surface area contributed by atoms with E-state index in [0.717, 1.165) is 44.0 Å². The van der Waals surface area contributed by atoms with Crippen molar-refractivity contribution in [2.75, 3.05) is 51.8 Å². The van der Waals surface area contributed by atoms with Gasteiger partial charge in [0.15, 0.2) is 11.1 Å². The summed E-state index contributed by atoms with van der Waals surface area (Å²) in [7, 11) is 1.54. The quantitative estimate of drug-likeness (QED) is 0.397. The number of nitrogens with zero attached hydrogens (tertiary/aromatic N) is 4. The van der Waals surface area contributed by atoms with E-state index in [1.54, 1.807) is 24.4 Å². The Morgan fingerprint density at radius 1 is 1.13 bits per heavy atom. The second kappa shape index (κ2) is 9.30. The summed E-state index contributed by atoms with van der Waals surface area (Å²) in [5, 5.41) is 7.15. The number of anilines is 1. The first-order chi connectivity index (χ1) is 18.4. The van der Waals surface area contributed by atoms with Gasteiger partial charge in [0, 0.05) is 50.4 Å². The number of urea groups is 1. The third-order valence-corrected chi connectivity index (χ3v) is 7.46. The molecule has 2 aromatic heterocycles. The molecule has 3 N–H and O–H groups in total. The first-order valence-corrected chi connectivity index (χ1v) is 12.6. The molecule has 4 amide bonds. The second-order valence-electron chi connectivity index (χ2n) is 9.75. The van der Waals surface area contributed by atoms with Crippen molar-refractivity contribution < 1.29 is 23.5 Å². The zero-order chi connectivity index (χ0) is 26.4. The average molecular weight is 520 g/mol. The zero-order valence-electron chi connectivity index (χ0n) is 21.2. The van der Waals surface area contributed by atoms with Crippen molar-refractivity contribution in [1.82, 2.24) is 30.4 Å². The van der Waals surface area contributed by atoms with Gasteiger partial charge in [-0.3, -0.25) is 19.9 Å². The lowest BCUT2D eigenvalue weighted by molar-refractivity contribution is -0.125. The predicted molar refractivity (Wildman–Crippen MR) is 137 cm³/mol. The van der Waals surface area contributed by atoms with Crippen molar-refractivity contribution in [2.24, 2.45) is 0 Å². The fourth-order valence-electron chi connectivity index (χ4n) is 5.28. The van der Waals surface area contributed by atoms with Gasteiger partial charge in [0.2, 0.25) is 0 Å². The second-order valence-corrected chi connectivity index (χ2v) is 9.75. The van der Waals surface area contributed by atoms with Crippen LogP contribution in [-0.2, 0) is 16.9 Å². The third-order valence-electron chi connectivity index (χ3n) is 7.46. The van der Waals surface area contributed by atoms with Gasteiger partial charge in [-0.15, -0.1) is 0 Å². The molecule has 12 nitrogen and oxygen atoms in total. The number of carbonyl (C=O) groups is 3. The van der Waals surface area contributed by atoms with Crippen LogP contribution in [0.25, 0.3) is 11.1 Å². The van der Waals surface area contributed by atoms with E-state index in [4.69, 9.17) is 9.15 Å². The van der Waals surface area contributed by atoms with E-state index in [0.29, 0.717) is 29.0 Å². The van der Waals surface area contributed by atoms with Crippen LogP contribution in [0.4, 0.5) is 10.5 Å². The van der Waals surface area contributed by atoms with Gasteiger partial charge in [-0.1, -0.05) is 13.0 Å². The molecule has 38 heavy (non-hydrogen) atoms. The topological polar surface area (TPSA) is 132 Å². The van der Waals surface area contributed by atoms with Crippen molar-refractivity contribution in [1.29, 1.82) is 0 Å². The van der Waals surface area contributed by atoms with Crippen molar-refractivity contribution in [3.8, 4) is 5.75 Å². The smallest absolute Gasteiger partial charge is 0.322 e. The fraction of sp³-hybridized carbons (Fsp3) is 0.385. The molecule has 3 aliphatic rings. The van der Waals surface area contributed by atoms with Crippen LogP contribution in [0.1, 0.15) is 28.6 Å². The van der Waals surface area contributed by atoms with Crippen LogP contribution in [-0.4, -0.2) is 84.0 Å². The molecule has 0 aliphatic carbocycles. The van der Waals surface area contributed by atoms with Crippen LogP contribution in [0, 0.1) is 0 Å². The van der Waals surface area contributed by atoms with E-state index in [-0.39, 0.29) is 18.2 Å². The van der Waals surface area contributed by atoms with Crippen LogP contribution in [0.2, 0.25) is 0 Å². The number of pyridine rings is 1. The Bertz CT molecular complexity index is 1430. The largest absolute Gasteiger partial charge is 0.497 e. The van der Waals surface area contributed by atoms with E-state index in [9.17, 15) is 14.4 Å². The number of piperazine rings is 1. The number of likely N-dealkylation sites (N-methyl/N-ethyl adjacent to an activating group) is 1. The Hall–Kier alpha value is -4.16. The van der Waals surface area contributed by atoms with E-state index in [1.165, 1.54) is 12.0 Å². The van der Waals surface area contributed by atoms with Crippen molar-refractivity contribution in [3.05, 3.63) is 53.4 Å². The minimum Gasteiger partial charge on any atom is -0.497 e. The summed E-state index contributed by atoms with van der Waals surface area (Å²) in [6.07, 6.45) is 1.71. The SMILES string of the molecule is CCN1CCN(Nc2cnc3cc([C@]4(CN5Cc6ccc(OC)cc6C5=O)NC(=O)NC4=O)oc3c2)CC1. The molecule has 2 fully saturated rings. The normalized spacial score (nSPS) is 22.1. The third kappa shape index (κ3) is 4.11. The molecule has 1 aromatic carbocycles. The lowest BCUT2D eigenvalue weighted by Gasteiger charge is -2.34. The highest BCUT2D eigenvalue weighted by atomic mass is 16.5. The van der Waals surface area contributed by atoms with Gasteiger partial charge < -0.3 is 29.7 Å². The van der Waals surface area contributed by atoms with Gasteiger partial charge in [0.1, 0.15) is 17.0 Å². The van der Waals surface area contributed by atoms with E-state index < -0.39 is 17.5 Å². The Balaban J connectivity index is 1.27. The first kappa shape index (κ1) is 24.2. The molecule has 1 atom stereocenters.